The predicted octanol–water partition coefficient (Wildman–Crippen LogP) is 2.83. The maximum atomic E-state index is 12.5. The quantitative estimate of drug-likeness (QED) is 0.695. The molecule has 1 heterocycles. The number of alkyl halides is 3. The van der Waals surface area contributed by atoms with Gasteiger partial charge in [0.25, 0.3) is 5.91 Å². The Bertz CT molecular complexity index is 725. The van der Waals surface area contributed by atoms with Crippen molar-refractivity contribution in [2.75, 3.05) is 5.32 Å². The van der Waals surface area contributed by atoms with Crippen LogP contribution in [-0.2, 0) is 17.5 Å². The molecule has 0 saturated carbocycles. The molecular weight excluding hydrogens is 309 g/mol. The van der Waals surface area contributed by atoms with Crippen molar-refractivity contribution in [2.45, 2.75) is 19.6 Å². The Morgan fingerprint density at radius 2 is 1.78 bits per heavy atom. The van der Waals surface area contributed by atoms with Crippen molar-refractivity contribution in [3.05, 3.63) is 59.9 Å². The highest BCUT2D eigenvalue weighted by molar-refractivity contribution is 5.93. The predicted molar refractivity (Wildman–Crippen MR) is 76.7 cm³/mol. The zero-order chi connectivity index (χ0) is 17.0. The molecule has 0 aliphatic carbocycles. The number of ketones is 1. The number of aromatic nitrogens is 1. The van der Waals surface area contributed by atoms with E-state index in [2.05, 4.69) is 5.32 Å². The fourth-order valence-corrected chi connectivity index (χ4v) is 1.94. The van der Waals surface area contributed by atoms with Crippen LogP contribution < -0.4 is 9.88 Å². The molecule has 0 atom stereocenters. The number of benzene rings is 1. The van der Waals surface area contributed by atoms with E-state index in [1.807, 2.05) is 0 Å². The Balaban J connectivity index is 2.02. The number of rotatable bonds is 4. The number of halogens is 3. The van der Waals surface area contributed by atoms with E-state index >= 15 is 0 Å². The molecule has 1 N–H and O–H groups in total. The van der Waals surface area contributed by atoms with E-state index in [1.54, 1.807) is 18.3 Å². The Morgan fingerprint density at radius 1 is 1.13 bits per heavy atom. The molecule has 1 amide bonds. The van der Waals surface area contributed by atoms with E-state index in [0.717, 1.165) is 12.1 Å². The number of hydrogen-bond acceptors (Lipinski definition) is 2. The number of pyridine rings is 1. The summed E-state index contributed by atoms with van der Waals surface area (Å²) in [5.74, 6) is -0.530. The maximum absolute atomic E-state index is 12.5. The summed E-state index contributed by atoms with van der Waals surface area (Å²) in [4.78, 5) is 23.2. The summed E-state index contributed by atoms with van der Waals surface area (Å²) in [6.45, 7) is 1.37. The second kappa shape index (κ2) is 6.60. The van der Waals surface area contributed by atoms with Gasteiger partial charge >= 0.3 is 6.18 Å². The number of amides is 1. The van der Waals surface area contributed by atoms with Crippen molar-refractivity contribution < 1.29 is 27.3 Å². The number of hydrogen-bond donors (Lipinski definition) is 1. The molecule has 0 saturated heterocycles. The summed E-state index contributed by atoms with van der Waals surface area (Å²) >= 11 is 0. The van der Waals surface area contributed by atoms with E-state index in [4.69, 9.17) is 0 Å². The first-order chi connectivity index (χ1) is 10.8. The Hall–Kier alpha value is -2.70. The minimum atomic E-state index is -4.41. The highest BCUT2D eigenvalue weighted by Gasteiger charge is 2.30. The lowest BCUT2D eigenvalue weighted by atomic mass is 10.2. The van der Waals surface area contributed by atoms with Crippen LogP contribution in [0.25, 0.3) is 0 Å². The van der Waals surface area contributed by atoms with Gasteiger partial charge in [0.2, 0.25) is 6.54 Å². The van der Waals surface area contributed by atoms with Crippen LogP contribution in [0.1, 0.15) is 22.8 Å². The molecule has 4 nitrogen and oxygen atoms in total. The van der Waals surface area contributed by atoms with E-state index < -0.39 is 17.6 Å². The first-order valence-electron chi connectivity index (χ1n) is 6.73. The molecule has 120 valence electrons. The van der Waals surface area contributed by atoms with E-state index in [1.165, 1.54) is 29.8 Å². The van der Waals surface area contributed by atoms with Gasteiger partial charge in [0, 0.05) is 11.8 Å². The monoisotopic (exact) mass is 323 g/mol. The average molecular weight is 323 g/mol. The number of anilines is 1. The first kappa shape index (κ1) is 16.7. The first-order valence-corrected chi connectivity index (χ1v) is 6.73. The fraction of sp³-hybridized carbons (Fsp3) is 0.188. The van der Waals surface area contributed by atoms with Crippen molar-refractivity contribution in [1.82, 2.24) is 0 Å². The Morgan fingerprint density at radius 3 is 2.35 bits per heavy atom. The van der Waals surface area contributed by atoms with Crippen molar-refractivity contribution in [1.29, 1.82) is 0 Å². The van der Waals surface area contributed by atoms with Crippen LogP contribution in [-0.4, -0.2) is 11.7 Å². The lowest BCUT2D eigenvalue weighted by molar-refractivity contribution is -0.684. The third-order valence-corrected chi connectivity index (χ3v) is 3.09. The molecule has 2 aromatic rings. The van der Waals surface area contributed by atoms with Gasteiger partial charge in [0.1, 0.15) is 0 Å². The number of carbonyl (C=O) groups is 2. The summed E-state index contributed by atoms with van der Waals surface area (Å²) < 4.78 is 38.9. The van der Waals surface area contributed by atoms with Crippen molar-refractivity contribution in [3.63, 3.8) is 0 Å². The lowest BCUT2D eigenvalue weighted by Gasteiger charge is -2.08. The van der Waals surface area contributed by atoms with Crippen LogP contribution in [0.4, 0.5) is 18.9 Å². The van der Waals surface area contributed by atoms with Crippen LogP contribution in [0.15, 0.2) is 48.8 Å². The van der Waals surface area contributed by atoms with Crippen LogP contribution in [0, 0.1) is 0 Å². The third kappa shape index (κ3) is 4.64. The van der Waals surface area contributed by atoms with Gasteiger partial charge in [0.05, 0.1) is 11.1 Å². The van der Waals surface area contributed by atoms with Gasteiger partial charge < -0.3 is 5.32 Å². The number of carbonyl (C=O) groups excluding carboxylic acids is 2. The molecule has 0 fully saturated rings. The van der Waals surface area contributed by atoms with Crippen molar-refractivity contribution in [2.24, 2.45) is 0 Å². The van der Waals surface area contributed by atoms with Crippen LogP contribution in [0.3, 0.4) is 0 Å². The Kier molecular flexibility index (Phi) is 4.78. The van der Waals surface area contributed by atoms with Gasteiger partial charge in [0.15, 0.2) is 18.2 Å². The summed E-state index contributed by atoms with van der Waals surface area (Å²) in [5, 5.41) is 2.51. The van der Waals surface area contributed by atoms with Gasteiger partial charge in [-0.05, 0) is 37.3 Å². The zero-order valence-corrected chi connectivity index (χ0v) is 12.2. The van der Waals surface area contributed by atoms with Crippen LogP contribution >= 0.6 is 0 Å². The number of nitrogens with zero attached hydrogens (tertiary/aromatic N) is 1. The minimum absolute atomic E-state index is 0.0534. The second-order valence-corrected chi connectivity index (χ2v) is 4.94. The topological polar surface area (TPSA) is 50.0 Å². The smallest absolute Gasteiger partial charge is 0.321 e. The molecule has 7 heteroatoms. The zero-order valence-electron chi connectivity index (χ0n) is 12.2. The molecule has 0 aliphatic rings. The SMILES string of the molecule is CC(=O)c1ccc[n+](CC(=O)Nc2ccc(C(F)(F)F)cc2)c1. The van der Waals surface area contributed by atoms with E-state index in [-0.39, 0.29) is 18.0 Å². The standard InChI is InChI=1S/C16H13F3N2O2/c1-11(22)12-3-2-8-21(9-12)10-15(23)20-14-6-4-13(5-7-14)16(17,18)19/h2-9H,10H2,1H3/p+1. The van der Waals surface area contributed by atoms with Crippen LogP contribution in [0.2, 0.25) is 0 Å². The third-order valence-electron chi connectivity index (χ3n) is 3.09. The normalized spacial score (nSPS) is 11.1. The highest BCUT2D eigenvalue weighted by atomic mass is 19.4. The highest BCUT2D eigenvalue weighted by Crippen LogP contribution is 2.29. The number of Topliss-reactive ketones (excluding diaryl/α,β-unsaturated/α-hetero) is 1. The molecule has 0 aliphatic heterocycles. The molecule has 1 aromatic heterocycles. The van der Waals surface area contributed by atoms with Gasteiger partial charge in [-0.3, -0.25) is 9.59 Å². The maximum Gasteiger partial charge on any atom is 0.416 e. The van der Waals surface area contributed by atoms with E-state index in [0.29, 0.717) is 5.56 Å². The molecule has 0 bridgehead atoms. The summed E-state index contributed by atoms with van der Waals surface area (Å²) in [5.41, 5.74) is -0.0415. The van der Waals surface area contributed by atoms with Gasteiger partial charge in [-0.15, -0.1) is 0 Å². The van der Waals surface area contributed by atoms with Gasteiger partial charge in [-0.1, -0.05) is 0 Å². The molecule has 0 radical (unpaired) electrons. The molecule has 23 heavy (non-hydrogen) atoms. The minimum Gasteiger partial charge on any atom is -0.321 e. The molecule has 0 spiro atoms. The number of nitrogens with one attached hydrogen (secondary N) is 1. The summed E-state index contributed by atoms with van der Waals surface area (Å²) in [7, 11) is 0. The van der Waals surface area contributed by atoms with Gasteiger partial charge in [-0.2, -0.15) is 17.7 Å². The fourth-order valence-electron chi connectivity index (χ4n) is 1.94. The molecule has 1 aromatic carbocycles. The molecule has 2 rings (SSSR count). The summed E-state index contributed by atoms with van der Waals surface area (Å²) in [6, 6.07) is 7.46. The summed E-state index contributed by atoms with van der Waals surface area (Å²) in [6.07, 6.45) is -1.25. The van der Waals surface area contributed by atoms with Crippen LogP contribution in [0.5, 0.6) is 0 Å². The molecule has 0 unspecified atom stereocenters. The molecular formula is C16H14F3N2O2+. The largest absolute Gasteiger partial charge is 0.416 e. The Labute approximate surface area is 130 Å². The van der Waals surface area contributed by atoms with Gasteiger partial charge in [-0.25, -0.2) is 0 Å². The van der Waals surface area contributed by atoms with Crippen molar-refractivity contribution in [3.8, 4) is 0 Å². The van der Waals surface area contributed by atoms with Crippen molar-refractivity contribution >= 4 is 17.4 Å². The van der Waals surface area contributed by atoms with E-state index in [9.17, 15) is 22.8 Å². The average Bonchev–Trinajstić information content (AvgIpc) is 2.47. The second-order valence-electron chi connectivity index (χ2n) is 4.94. The lowest BCUT2D eigenvalue weighted by Crippen LogP contribution is -2.40.